The lowest BCUT2D eigenvalue weighted by molar-refractivity contribution is 0.415. The van der Waals surface area contributed by atoms with Crippen LogP contribution in [0.15, 0.2) is 42.5 Å². The summed E-state index contributed by atoms with van der Waals surface area (Å²) >= 11 is 12.1. The fraction of sp³-hybridized carbons (Fsp3) is 0.143. The minimum Gasteiger partial charge on any atom is -0.497 e. The van der Waals surface area contributed by atoms with Crippen molar-refractivity contribution >= 4 is 28.9 Å². The van der Waals surface area contributed by atoms with Crippen molar-refractivity contribution in [2.45, 2.75) is 6.54 Å². The zero-order valence-corrected chi connectivity index (χ0v) is 11.4. The van der Waals surface area contributed by atoms with Crippen molar-refractivity contribution in [3.63, 3.8) is 0 Å². The van der Waals surface area contributed by atoms with E-state index in [1.54, 1.807) is 13.2 Å². The van der Waals surface area contributed by atoms with Crippen molar-refractivity contribution < 1.29 is 4.74 Å². The number of hydrogen-bond donors (Lipinski definition) is 1. The van der Waals surface area contributed by atoms with Crippen LogP contribution in [0.3, 0.4) is 0 Å². The van der Waals surface area contributed by atoms with Crippen molar-refractivity contribution in [1.29, 1.82) is 0 Å². The van der Waals surface area contributed by atoms with Crippen molar-refractivity contribution in [2.24, 2.45) is 0 Å². The Morgan fingerprint density at radius 1 is 1.06 bits per heavy atom. The molecular weight excluding hydrogens is 269 g/mol. The first-order valence-electron chi connectivity index (χ1n) is 5.51. The zero-order chi connectivity index (χ0) is 13.0. The SMILES string of the molecule is COc1ccc(NCc2cccc(Cl)c2Cl)cc1. The largest absolute Gasteiger partial charge is 0.497 e. The van der Waals surface area contributed by atoms with E-state index in [1.165, 1.54) is 0 Å². The molecule has 2 rings (SSSR count). The number of halogens is 2. The van der Waals surface area contributed by atoms with Crippen LogP contribution in [-0.2, 0) is 6.54 Å². The quantitative estimate of drug-likeness (QED) is 0.883. The van der Waals surface area contributed by atoms with Crippen LogP contribution < -0.4 is 10.1 Å². The molecule has 2 nitrogen and oxygen atoms in total. The molecule has 2 aromatic carbocycles. The maximum absolute atomic E-state index is 6.12. The molecule has 0 radical (unpaired) electrons. The van der Waals surface area contributed by atoms with E-state index >= 15 is 0 Å². The molecule has 0 atom stereocenters. The highest BCUT2D eigenvalue weighted by Gasteiger charge is 2.03. The van der Waals surface area contributed by atoms with Gasteiger partial charge in [-0.05, 0) is 35.9 Å². The zero-order valence-electron chi connectivity index (χ0n) is 9.91. The van der Waals surface area contributed by atoms with Gasteiger partial charge in [0.2, 0.25) is 0 Å². The molecule has 0 heterocycles. The van der Waals surface area contributed by atoms with Crippen LogP contribution >= 0.6 is 23.2 Å². The van der Waals surface area contributed by atoms with Gasteiger partial charge in [0.05, 0.1) is 17.2 Å². The van der Waals surface area contributed by atoms with E-state index in [4.69, 9.17) is 27.9 Å². The summed E-state index contributed by atoms with van der Waals surface area (Å²) < 4.78 is 5.10. The summed E-state index contributed by atoms with van der Waals surface area (Å²) in [6.45, 7) is 0.631. The van der Waals surface area contributed by atoms with Gasteiger partial charge in [0.15, 0.2) is 0 Å². The molecule has 0 aliphatic carbocycles. The summed E-state index contributed by atoms with van der Waals surface area (Å²) in [7, 11) is 1.65. The summed E-state index contributed by atoms with van der Waals surface area (Å²) in [6.07, 6.45) is 0. The monoisotopic (exact) mass is 281 g/mol. The first kappa shape index (κ1) is 13.1. The van der Waals surface area contributed by atoms with E-state index in [2.05, 4.69) is 5.32 Å². The van der Waals surface area contributed by atoms with Gasteiger partial charge in [-0.2, -0.15) is 0 Å². The summed E-state index contributed by atoms with van der Waals surface area (Å²) in [5.41, 5.74) is 1.98. The van der Waals surface area contributed by atoms with Crippen LogP contribution in [0.4, 0.5) is 5.69 Å². The van der Waals surface area contributed by atoms with E-state index in [0.717, 1.165) is 17.0 Å². The third kappa shape index (κ3) is 3.09. The molecule has 0 saturated carbocycles. The molecule has 1 N–H and O–H groups in total. The Kier molecular flexibility index (Phi) is 4.34. The highest BCUT2D eigenvalue weighted by atomic mass is 35.5. The Labute approximate surface area is 116 Å². The van der Waals surface area contributed by atoms with Crippen molar-refractivity contribution in [1.82, 2.24) is 0 Å². The maximum Gasteiger partial charge on any atom is 0.119 e. The number of nitrogens with one attached hydrogen (secondary N) is 1. The van der Waals surface area contributed by atoms with Gasteiger partial charge < -0.3 is 10.1 Å². The molecule has 0 aliphatic rings. The molecule has 0 aliphatic heterocycles. The van der Waals surface area contributed by atoms with Gasteiger partial charge in [-0.25, -0.2) is 0 Å². The van der Waals surface area contributed by atoms with E-state index in [-0.39, 0.29) is 0 Å². The first-order valence-corrected chi connectivity index (χ1v) is 6.27. The third-order valence-electron chi connectivity index (χ3n) is 2.60. The number of methoxy groups -OCH3 is 1. The van der Waals surface area contributed by atoms with Crippen molar-refractivity contribution in [3.05, 3.63) is 58.1 Å². The number of hydrogen-bond acceptors (Lipinski definition) is 2. The predicted molar refractivity (Wildman–Crippen MR) is 76.8 cm³/mol. The molecule has 0 fully saturated rings. The molecule has 0 spiro atoms. The summed E-state index contributed by atoms with van der Waals surface area (Å²) in [5.74, 6) is 0.835. The average Bonchev–Trinajstić information content (AvgIpc) is 2.41. The molecule has 4 heteroatoms. The Bertz CT molecular complexity index is 526. The number of benzene rings is 2. The summed E-state index contributed by atoms with van der Waals surface area (Å²) in [5, 5.41) is 4.45. The highest BCUT2D eigenvalue weighted by Crippen LogP contribution is 2.26. The Morgan fingerprint density at radius 3 is 2.44 bits per heavy atom. The van der Waals surface area contributed by atoms with Crippen molar-refractivity contribution in [2.75, 3.05) is 12.4 Å². The molecule has 0 saturated heterocycles. The third-order valence-corrected chi connectivity index (χ3v) is 3.46. The minimum atomic E-state index is 0.575. The van der Waals surface area contributed by atoms with Crippen LogP contribution in [-0.4, -0.2) is 7.11 Å². The topological polar surface area (TPSA) is 21.3 Å². The minimum absolute atomic E-state index is 0.575. The normalized spacial score (nSPS) is 10.2. The lowest BCUT2D eigenvalue weighted by Gasteiger charge is -2.09. The van der Waals surface area contributed by atoms with Gasteiger partial charge in [0.25, 0.3) is 0 Å². The molecule has 0 bridgehead atoms. The fourth-order valence-electron chi connectivity index (χ4n) is 1.59. The number of ether oxygens (including phenoxy) is 1. The van der Waals surface area contributed by atoms with Gasteiger partial charge in [-0.3, -0.25) is 0 Å². The van der Waals surface area contributed by atoms with Gasteiger partial charge >= 0.3 is 0 Å². The molecule has 18 heavy (non-hydrogen) atoms. The summed E-state index contributed by atoms with van der Waals surface area (Å²) in [4.78, 5) is 0. The average molecular weight is 282 g/mol. The molecule has 2 aromatic rings. The number of anilines is 1. The van der Waals surface area contributed by atoms with Crippen LogP contribution in [0.5, 0.6) is 5.75 Å². The molecule has 0 aromatic heterocycles. The van der Waals surface area contributed by atoms with Crippen molar-refractivity contribution in [3.8, 4) is 5.75 Å². The molecule has 94 valence electrons. The van der Waals surface area contributed by atoms with E-state index < -0.39 is 0 Å². The summed E-state index contributed by atoms with van der Waals surface area (Å²) in [6, 6.07) is 13.3. The fourth-order valence-corrected chi connectivity index (χ4v) is 1.98. The Balaban J connectivity index is 2.04. The van der Waals surface area contributed by atoms with Gasteiger partial charge in [0, 0.05) is 12.2 Å². The van der Waals surface area contributed by atoms with Gasteiger partial charge in [-0.15, -0.1) is 0 Å². The lowest BCUT2D eigenvalue weighted by atomic mass is 10.2. The van der Waals surface area contributed by atoms with Crippen LogP contribution in [0.1, 0.15) is 5.56 Å². The van der Waals surface area contributed by atoms with Gasteiger partial charge in [-0.1, -0.05) is 35.3 Å². The lowest BCUT2D eigenvalue weighted by Crippen LogP contribution is -2.00. The van der Waals surface area contributed by atoms with Gasteiger partial charge in [0.1, 0.15) is 5.75 Å². The van der Waals surface area contributed by atoms with E-state index in [1.807, 2.05) is 36.4 Å². The highest BCUT2D eigenvalue weighted by molar-refractivity contribution is 6.42. The van der Waals surface area contributed by atoms with Crippen LogP contribution in [0, 0.1) is 0 Å². The molecule has 0 amide bonds. The van der Waals surface area contributed by atoms with Crippen LogP contribution in [0.2, 0.25) is 10.0 Å². The first-order chi connectivity index (χ1) is 8.70. The number of rotatable bonds is 4. The molecular formula is C14H13Cl2NO. The van der Waals surface area contributed by atoms with E-state index in [9.17, 15) is 0 Å². The Morgan fingerprint density at radius 2 is 1.78 bits per heavy atom. The standard InChI is InChI=1S/C14H13Cl2NO/c1-18-12-7-5-11(6-8-12)17-9-10-3-2-4-13(15)14(10)16/h2-8,17H,9H2,1H3. The molecule has 0 unspecified atom stereocenters. The second-order valence-corrected chi connectivity index (χ2v) is 4.58. The second-order valence-electron chi connectivity index (χ2n) is 3.79. The smallest absolute Gasteiger partial charge is 0.119 e. The van der Waals surface area contributed by atoms with E-state index in [0.29, 0.717) is 16.6 Å². The second kappa shape index (κ2) is 5.98. The van der Waals surface area contributed by atoms with Crippen LogP contribution in [0.25, 0.3) is 0 Å². The Hall–Kier alpha value is -1.38. The maximum atomic E-state index is 6.12. The predicted octanol–water partition coefficient (Wildman–Crippen LogP) is 4.61.